The Bertz CT molecular complexity index is 285. The van der Waals surface area contributed by atoms with Crippen LogP contribution < -0.4 is 5.32 Å². The van der Waals surface area contributed by atoms with Crippen LogP contribution in [0.4, 0.5) is 0 Å². The number of hydrogen-bond acceptors (Lipinski definition) is 2. The number of thiol groups is 1. The van der Waals surface area contributed by atoms with Gasteiger partial charge in [0.25, 0.3) is 0 Å². The highest BCUT2D eigenvalue weighted by atomic mass is 32.1. The topological polar surface area (TPSA) is 29.1 Å². The Hall–Kier alpha value is -0.180. The third-order valence-electron chi connectivity index (χ3n) is 4.72. The van der Waals surface area contributed by atoms with Gasteiger partial charge in [0.05, 0.1) is 5.75 Å². The van der Waals surface area contributed by atoms with Crippen LogP contribution in [0, 0.1) is 16.7 Å². The molecule has 1 amide bonds. The van der Waals surface area contributed by atoms with E-state index in [4.69, 9.17) is 0 Å². The summed E-state index contributed by atoms with van der Waals surface area (Å²) in [4.78, 5) is 11.5. The van der Waals surface area contributed by atoms with Crippen LogP contribution >= 0.6 is 12.6 Å². The fourth-order valence-corrected chi connectivity index (χ4v) is 3.96. The predicted molar refractivity (Wildman–Crippen MR) is 65.0 cm³/mol. The maximum absolute atomic E-state index is 11.5. The van der Waals surface area contributed by atoms with Crippen LogP contribution in [0.3, 0.4) is 0 Å². The normalized spacial score (nSPS) is 41.9. The Morgan fingerprint density at radius 3 is 2.60 bits per heavy atom. The first kappa shape index (κ1) is 11.3. The van der Waals surface area contributed by atoms with Crippen molar-refractivity contribution >= 4 is 18.5 Å². The Morgan fingerprint density at radius 1 is 1.47 bits per heavy atom. The van der Waals surface area contributed by atoms with Gasteiger partial charge in [-0.15, -0.1) is 0 Å². The van der Waals surface area contributed by atoms with Gasteiger partial charge in [-0.2, -0.15) is 12.6 Å². The molecule has 86 valence electrons. The van der Waals surface area contributed by atoms with Crippen LogP contribution in [-0.2, 0) is 4.79 Å². The Labute approximate surface area is 97.6 Å². The second-order valence-corrected chi connectivity index (χ2v) is 6.39. The average molecular weight is 227 g/mol. The van der Waals surface area contributed by atoms with Crippen LogP contribution in [0.1, 0.15) is 40.0 Å². The summed E-state index contributed by atoms with van der Waals surface area (Å²) >= 11 is 4.03. The highest BCUT2D eigenvalue weighted by molar-refractivity contribution is 7.81. The monoisotopic (exact) mass is 227 g/mol. The molecule has 2 aliphatic rings. The highest BCUT2D eigenvalue weighted by Gasteiger charge is 2.59. The molecule has 0 aromatic heterocycles. The summed E-state index contributed by atoms with van der Waals surface area (Å²) < 4.78 is 0. The largest absolute Gasteiger partial charge is 0.352 e. The minimum absolute atomic E-state index is 0.0742. The van der Waals surface area contributed by atoms with E-state index in [-0.39, 0.29) is 11.3 Å². The van der Waals surface area contributed by atoms with Crippen LogP contribution in [0.15, 0.2) is 0 Å². The predicted octanol–water partition coefficient (Wildman–Crippen LogP) is 2.25. The highest BCUT2D eigenvalue weighted by Crippen LogP contribution is 2.62. The number of hydrogen-bond donors (Lipinski definition) is 2. The number of fused-ring (bicyclic) bond motifs is 2. The fourth-order valence-electron chi connectivity index (χ4n) is 3.87. The van der Waals surface area contributed by atoms with Crippen molar-refractivity contribution in [3.05, 3.63) is 0 Å². The number of carbonyl (C=O) groups is 1. The Morgan fingerprint density at radius 2 is 2.13 bits per heavy atom. The molecule has 0 aromatic carbocycles. The van der Waals surface area contributed by atoms with Crippen molar-refractivity contribution in [3.63, 3.8) is 0 Å². The minimum Gasteiger partial charge on any atom is -0.352 e. The third kappa shape index (κ3) is 1.59. The van der Waals surface area contributed by atoms with Crippen molar-refractivity contribution in [3.8, 4) is 0 Å². The van der Waals surface area contributed by atoms with Gasteiger partial charge in [-0.05, 0) is 36.0 Å². The van der Waals surface area contributed by atoms with Gasteiger partial charge >= 0.3 is 0 Å². The third-order valence-corrected chi connectivity index (χ3v) is 5.01. The number of rotatable bonds is 2. The first-order chi connectivity index (χ1) is 6.90. The smallest absolute Gasteiger partial charge is 0.229 e. The average Bonchev–Trinajstić information content (AvgIpc) is 2.63. The first-order valence-corrected chi connectivity index (χ1v) is 6.43. The molecule has 0 aliphatic heterocycles. The van der Waals surface area contributed by atoms with E-state index in [2.05, 4.69) is 38.7 Å². The van der Waals surface area contributed by atoms with E-state index in [0.717, 1.165) is 5.92 Å². The molecule has 1 N–H and O–H groups in total. The lowest BCUT2D eigenvalue weighted by atomic mass is 9.68. The van der Waals surface area contributed by atoms with Gasteiger partial charge in [0.15, 0.2) is 0 Å². The van der Waals surface area contributed by atoms with Crippen LogP contribution in [0.25, 0.3) is 0 Å². The minimum atomic E-state index is 0.0742. The molecule has 3 atom stereocenters. The number of carbonyl (C=O) groups excluding carboxylic acids is 1. The van der Waals surface area contributed by atoms with Gasteiger partial charge in [0.1, 0.15) is 0 Å². The molecule has 3 heteroatoms. The zero-order valence-electron chi connectivity index (χ0n) is 9.84. The van der Waals surface area contributed by atoms with Gasteiger partial charge in [0, 0.05) is 6.04 Å². The fraction of sp³-hybridized carbons (Fsp3) is 0.917. The van der Waals surface area contributed by atoms with E-state index in [1.807, 2.05) is 0 Å². The second kappa shape index (κ2) is 3.41. The van der Waals surface area contributed by atoms with Gasteiger partial charge in [-0.3, -0.25) is 4.79 Å². The van der Waals surface area contributed by atoms with E-state index in [0.29, 0.717) is 17.2 Å². The molecule has 0 aromatic rings. The molecule has 2 aliphatic carbocycles. The molecule has 2 rings (SSSR count). The van der Waals surface area contributed by atoms with Crippen molar-refractivity contribution in [1.29, 1.82) is 0 Å². The molecule has 2 saturated carbocycles. The number of amides is 1. The quantitative estimate of drug-likeness (QED) is 0.696. The maximum atomic E-state index is 11.5. The molecule has 0 saturated heterocycles. The molecular formula is C12H21NOS. The lowest BCUT2D eigenvalue weighted by molar-refractivity contribution is -0.121. The standard InChI is InChI=1S/C12H21NOS/c1-11(2)8-4-5-12(3,6-8)10(11)13-9(14)7-15/h8,10,15H,4-7H2,1-3H3,(H,13,14). The van der Waals surface area contributed by atoms with Crippen molar-refractivity contribution in [1.82, 2.24) is 5.32 Å². The molecule has 2 fully saturated rings. The molecule has 0 radical (unpaired) electrons. The summed E-state index contributed by atoms with van der Waals surface area (Å²) in [6.07, 6.45) is 3.87. The molecule has 2 nitrogen and oxygen atoms in total. The van der Waals surface area contributed by atoms with Crippen molar-refractivity contribution < 1.29 is 4.79 Å². The van der Waals surface area contributed by atoms with E-state index >= 15 is 0 Å². The molecule has 0 heterocycles. The summed E-state index contributed by atoms with van der Waals surface area (Å²) in [5.41, 5.74) is 0.582. The zero-order valence-corrected chi connectivity index (χ0v) is 10.7. The molecule has 2 bridgehead atoms. The summed E-state index contributed by atoms with van der Waals surface area (Å²) in [6.45, 7) is 6.92. The zero-order chi connectivity index (χ0) is 11.3. The summed E-state index contributed by atoms with van der Waals surface area (Å²) in [5, 5.41) is 3.18. The second-order valence-electron chi connectivity index (χ2n) is 6.07. The lowest BCUT2D eigenvalue weighted by Gasteiger charge is -2.43. The Kier molecular flexibility index (Phi) is 2.57. The van der Waals surface area contributed by atoms with Crippen LogP contribution in [-0.4, -0.2) is 17.7 Å². The molecular weight excluding hydrogens is 206 g/mol. The van der Waals surface area contributed by atoms with Crippen molar-refractivity contribution in [2.24, 2.45) is 16.7 Å². The lowest BCUT2D eigenvalue weighted by Crippen LogP contribution is -2.52. The van der Waals surface area contributed by atoms with Crippen molar-refractivity contribution in [2.75, 3.05) is 5.75 Å². The van der Waals surface area contributed by atoms with E-state index in [1.54, 1.807) is 0 Å². The Balaban J connectivity index is 2.19. The van der Waals surface area contributed by atoms with Crippen molar-refractivity contribution in [2.45, 2.75) is 46.1 Å². The van der Waals surface area contributed by atoms with Gasteiger partial charge in [-0.25, -0.2) is 0 Å². The van der Waals surface area contributed by atoms with E-state index in [1.165, 1.54) is 19.3 Å². The van der Waals surface area contributed by atoms with Gasteiger partial charge < -0.3 is 5.32 Å². The first-order valence-electron chi connectivity index (χ1n) is 5.80. The molecule has 0 spiro atoms. The SMILES string of the molecule is CC12CCC(C1)C(C)(C)C2NC(=O)CS. The van der Waals surface area contributed by atoms with E-state index < -0.39 is 0 Å². The number of nitrogens with one attached hydrogen (secondary N) is 1. The summed E-state index contributed by atoms with van der Waals surface area (Å²) in [7, 11) is 0. The summed E-state index contributed by atoms with van der Waals surface area (Å²) in [6, 6.07) is 0.336. The summed E-state index contributed by atoms with van der Waals surface area (Å²) in [5.74, 6) is 1.16. The molecule has 3 unspecified atom stereocenters. The molecule has 15 heavy (non-hydrogen) atoms. The van der Waals surface area contributed by atoms with Crippen LogP contribution in [0.2, 0.25) is 0 Å². The van der Waals surface area contributed by atoms with Crippen LogP contribution in [0.5, 0.6) is 0 Å². The van der Waals surface area contributed by atoms with Gasteiger partial charge in [-0.1, -0.05) is 20.8 Å². The van der Waals surface area contributed by atoms with Gasteiger partial charge in [0.2, 0.25) is 5.91 Å². The maximum Gasteiger partial charge on any atom is 0.229 e. The van der Waals surface area contributed by atoms with E-state index in [9.17, 15) is 4.79 Å².